The number of pyridine rings is 2. The van der Waals surface area contributed by atoms with E-state index in [1.54, 1.807) is 60.9 Å². The van der Waals surface area contributed by atoms with Crippen LogP contribution in [0, 0.1) is 0 Å². The highest BCUT2D eigenvalue weighted by atomic mass is 16.5. The molecule has 2 aromatic carbocycles. The molecule has 28 heavy (non-hydrogen) atoms. The van der Waals surface area contributed by atoms with Crippen LogP contribution < -0.4 is 9.47 Å². The van der Waals surface area contributed by atoms with Gasteiger partial charge >= 0.3 is 11.9 Å². The Bertz CT molecular complexity index is 1060. The molecule has 0 saturated heterocycles. The molecule has 2 aromatic heterocycles. The number of hydrogen-bond donors (Lipinski definition) is 0. The second kappa shape index (κ2) is 7.67. The van der Waals surface area contributed by atoms with E-state index >= 15 is 0 Å². The van der Waals surface area contributed by atoms with E-state index in [0.29, 0.717) is 22.6 Å². The molecule has 4 rings (SSSR count). The van der Waals surface area contributed by atoms with Crippen LogP contribution >= 0.6 is 0 Å². The predicted octanol–water partition coefficient (Wildman–Crippen LogP) is 4.07. The number of nitrogens with zero attached hydrogens (tertiary/aromatic N) is 2. The monoisotopic (exact) mass is 370 g/mol. The molecule has 0 atom stereocenters. The molecule has 6 heteroatoms. The van der Waals surface area contributed by atoms with Crippen molar-refractivity contribution in [1.82, 2.24) is 9.97 Å². The minimum atomic E-state index is -0.494. The van der Waals surface area contributed by atoms with Crippen molar-refractivity contribution in [1.29, 1.82) is 0 Å². The zero-order valence-corrected chi connectivity index (χ0v) is 14.6. The van der Waals surface area contributed by atoms with Crippen molar-refractivity contribution in [3.05, 3.63) is 96.6 Å². The third kappa shape index (κ3) is 3.86. The van der Waals surface area contributed by atoms with Gasteiger partial charge in [0.2, 0.25) is 0 Å². The lowest BCUT2D eigenvalue weighted by molar-refractivity contribution is 0.0725. The van der Waals surface area contributed by atoms with Crippen LogP contribution in [0.15, 0.2) is 85.5 Å². The summed E-state index contributed by atoms with van der Waals surface area (Å²) in [5.41, 5.74) is 0.725. The fourth-order valence-corrected chi connectivity index (χ4v) is 2.63. The standard InChI is InChI=1S/C22H14N2O4/c25-21(16-3-1-9-23-13-16)27-19-7-5-15-6-8-20(12-18(15)11-19)28-22(26)17-4-2-10-24-14-17/h1-14H. The van der Waals surface area contributed by atoms with Crippen LogP contribution in [0.2, 0.25) is 0 Å². The molecule has 4 aromatic rings. The second-order valence-corrected chi connectivity index (χ2v) is 5.93. The highest BCUT2D eigenvalue weighted by Crippen LogP contribution is 2.26. The summed E-state index contributed by atoms with van der Waals surface area (Å²) >= 11 is 0. The summed E-state index contributed by atoms with van der Waals surface area (Å²) in [7, 11) is 0. The van der Waals surface area contributed by atoms with Gasteiger partial charge in [-0.1, -0.05) is 12.1 Å². The summed E-state index contributed by atoms with van der Waals surface area (Å²) in [6.07, 6.45) is 6.06. The highest BCUT2D eigenvalue weighted by molar-refractivity contribution is 5.93. The van der Waals surface area contributed by atoms with Crippen molar-refractivity contribution in [2.24, 2.45) is 0 Å². The number of esters is 2. The van der Waals surface area contributed by atoms with Gasteiger partial charge in [-0.25, -0.2) is 9.59 Å². The molecule has 6 nitrogen and oxygen atoms in total. The first kappa shape index (κ1) is 17.4. The summed E-state index contributed by atoms with van der Waals surface area (Å²) in [6, 6.07) is 17.1. The molecule has 0 aliphatic heterocycles. The summed E-state index contributed by atoms with van der Waals surface area (Å²) in [5, 5.41) is 1.69. The molecular formula is C22H14N2O4. The van der Waals surface area contributed by atoms with Crippen LogP contribution in [-0.2, 0) is 0 Å². The summed E-state index contributed by atoms with van der Waals surface area (Å²) in [6.45, 7) is 0. The third-order valence-electron chi connectivity index (χ3n) is 4.00. The van der Waals surface area contributed by atoms with Crippen molar-refractivity contribution in [3.63, 3.8) is 0 Å². The van der Waals surface area contributed by atoms with E-state index in [-0.39, 0.29) is 0 Å². The predicted molar refractivity (Wildman–Crippen MR) is 102 cm³/mol. The number of carbonyl (C=O) groups excluding carboxylic acids is 2. The van der Waals surface area contributed by atoms with E-state index in [0.717, 1.165) is 10.8 Å². The Labute approximate surface area is 160 Å². The van der Waals surface area contributed by atoms with Crippen LogP contribution in [0.4, 0.5) is 0 Å². The van der Waals surface area contributed by atoms with E-state index in [1.165, 1.54) is 12.4 Å². The lowest BCUT2D eigenvalue weighted by Crippen LogP contribution is -2.09. The number of ether oxygens (including phenoxy) is 2. The van der Waals surface area contributed by atoms with Gasteiger partial charge < -0.3 is 9.47 Å². The molecule has 0 amide bonds. The van der Waals surface area contributed by atoms with E-state index in [9.17, 15) is 9.59 Å². The molecule has 0 bridgehead atoms. The first-order valence-corrected chi connectivity index (χ1v) is 8.47. The maximum absolute atomic E-state index is 12.2. The van der Waals surface area contributed by atoms with Gasteiger partial charge in [-0.3, -0.25) is 9.97 Å². The number of rotatable bonds is 4. The van der Waals surface area contributed by atoms with Gasteiger partial charge in [0, 0.05) is 24.8 Å². The Morgan fingerprint density at radius 1 is 0.643 bits per heavy atom. The maximum Gasteiger partial charge on any atom is 0.345 e. The number of hydrogen-bond acceptors (Lipinski definition) is 6. The van der Waals surface area contributed by atoms with Gasteiger partial charge in [-0.05, 0) is 59.3 Å². The lowest BCUT2D eigenvalue weighted by Gasteiger charge is -2.08. The summed E-state index contributed by atoms with van der Waals surface area (Å²) in [5.74, 6) is -0.215. The number of benzene rings is 2. The van der Waals surface area contributed by atoms with E-state index in [2.05, 4.69) is 9.97 Å². The molecule has 136 valence electrons. The SMILES string of the molecule is O=C(Oc1ccc2ccc(OC(=O)c3cccnc3)cc2c1)c1cccnc1. The molecule has 0 fully saturated rings. The average Bonchev–Trinajstić information content (AvgIpc) is 2.74. The van der Waals surface area contributed by atoms with Crippen molar-refractivity contribution in [3.8, 4) is 11.5 Å². The normalized spacial score (nSPS) is 10.4. The van der Waals surface area contributed by atoms with Crippen LogP contribution in [0.3, 0.4) is 0 Å². The van der Waals surface area contributed by atoms with Gasteiger partial charge in [0.1, 0.15) is 11.5 Å². The minimum Gasteiger partial charge on any atom is -0.423 e. The van der Waals surface area contributed by atoms with E-state index in [1.807, 2.05) is 12.1 Å². The van der Waals surface area contributed by atoms with Crippen LogP contribution in [-0.4, -0.2) is 21.9 Å². The molecule has 0 unspecified atom stereocenters. The Balaban J connectivity index is 1.55. The van der Waals surface area contributed by atoms with Gasteiger partial charge in [0.25, 0.3) is 0 Å². The molecule has 0 N–H and O–H groups in total. The first-order valence-electron chi connectivity index (χ1n) is 8.47. The van der Waals surface area contributed by atoms with Crippen LogP contribution in [0.1, 0.15) is 20.7 Å². The zero-order valence-electron chi connectivity index (χ0n) is 14.6. The van der Waals surface area contributed by atoms with Gasteiger partial charge in [-0.15, -0.1) is 0 Å². The summed E-state index contributed by atoms with van der Waals surface area (Å²) in [4.78, 5) is 32.2. The smallest absolute Gasteiger partial charge is 0.345 e. The van der Waals surface area contributed by atoms with Crippen molar-refractivity contribution in [2.45, 2.75) is 0 Å². The van der Waals surface area contributed by atoms with Gasteiger partial charge in [-0.2, -0.15) is 0 Å². The molecule has 0 radical (unpaired) electrons. The second-order valence-electron chi connectivity index (χ2n) is 5.93. The lowest BCUT2D eigenvalue weighted by atomic mass is 10.1. The molecule has 2 heterocycles. The Morgan fingerprint density at radius 2 is 1.14 bits per heavy atom. The maximum atomic E-state index is 12.2. The number of aromatic nitrogens is 2. The fraction of sp³-hybridized carbons (Fsp3) is 0. The minimum absolute atomic E-state index is 0.363. The third-order valence-corrected chi connectivity index (χ3v) is 4.00. The number of carbonyl (C=O) groups is 2. The highest BCUT2D eigenvalue weighted by Gasteiger charge is 2.11. The largest absolute Gasteiger partial charge is 0.423 e. The molecule has 0 spiro atoms. The molecule has 0 saturated carbocycles. The van der Waals surface area contributed by atoms with Crippen molar-refractivity contribution >= 4 is 22.7 Å². The topological polar surface area (TPSA) is 78.4 Å². The Kier molecular flexibility index (Phi) is 4.76. The number of fused-ring (bicyclic) bond motifs is 1. The Hall–Kier alpha value is -4.06. The van der Waals surface area contributed by atoms with Crippen LogP contribution in [0.25, 0.3) is 10.8 Å². The average molecular weight is 370 g/mol. The summed E-state index contributed by atoms with van der Waals surface area (Å²) < 4.78 is 10.8. The van der Waals surface area contributed by atoms with Crippen LogP contribution in [0.5, 0.6) is 11.5 Å². The molecule has 0 aliphatic rings. The van der Waals surface area contributed by atoms with E-state index in [4.69, 9.17) is 9.47 Å². The fourth-order valence-electron chi connectivity index (χ4n) is 2.63. The molecule has 0 aliphatic carbocycles. The van der Waals surface area contributed by atoms with Gasteiger partial charge in [0.15, 0.2) is 0 Å². The Morgan fingerprint density at radius 3 is 1.57 bits per heavy atom. The zero-order chi connectivity index (χ0) is 19.3. The quantitative estimate of drug-likeness (QED) is 0.398. The van der Waals surface area contributed by atoms with Crippen molar-refractivity contribution < 1.29 is 19.1 Å². The van der Waals surface area contributed by atoms with Crippen molar-refractivity contribution in [2.75, 3.05) is 0 Å². The first-order chi connectivity index (χ1) is 13.7. The van der Waals surface area contributed by atoms with Gasteiger partial charge in [0.05, 0.1) is 11.1 Å². The van der Waals surface area contributed by atoms with E-state index < -0.39 is 11.9 Å². The molecular weight excluding hydrogens is 356 g/mol.